The van der Waals surface area contributed by atoms with Gasteiger partial charge in [-0.1, -0.05) is 59.7 Å². The van der Waals surface area contributed by atoms with E-state index in [0.29, 0.717) is 13.2 Å². The highest BCUT2D eigenvalue weighted by molar-refractivity contribution is 7.88. The van der Waals surface area contributed by atoms with Crippen molar-refractivity contribution in [1.29, 1.82) is 0 Å². The largest absolute Gasteiger partial charge is 0.370 e. The van der Waals surface area contributed by atoms with Crippen molar-refractivity contribution in [2.45, 2.75) is 38.7 Å². The van der Waals surface area contributed by atoms with Crippen LogP contribution in [0.3, 0.4) is 0 Å². The number of aryl methyl sites for hydroxylation is 2. The lowest BCUT2D eigenvalue weighted by Gasteiger charge is -2.37. The summed E-state index contributed by atoms with van der Waals surface area (Å²) in [7, 11) is -3.39. The average Bonchev–Trinajstić information content (AvgIpc) is 2.58. The van der Waals surface area contributed by atoms with Crippen molar-refractivity contribution in [3.05, 3.63) is 70.8 Å². The molecule has 2 unspecified atom stereocenters. The first-order valence-corrected chi connectivity index (χ1v) is 10.2. The summed E-state index contributed by atoms with van der Waals surface area (Å²) in [5.41, 5.74) is 4.14. The van der Waals surface area contributed by atoms with Gasteiger partial charge in [0, 0.05) is 12.6 Å². The second-order valence-electron chi connectivity index (χ2n) is 6.89. The third-order valence-electron chi connectivity index (χ3n) is 4.65. The predicted octanol–water partition coefficient (Wildman–Crippen LogP) is 3.60. The number of sulfonamides is 1. The van der Waals surface area contributed by atoms with Crippen LogP contribution in [0.25, 0.3) is 0 Å². The Morgan fingerprint density at radius 3 is 2.16 bits per heavy atom. The topological polar surface area (TPSA) is 46.6 Å². The molecular formula is C20H25NO3S. The van der Waals surface area contributed by atoms with Crippen molar-refractivity contribution >= 4 is 10.0 Å². The lowest BCUT2D eigenvalue weighted by molar-refractivity contribution is -0.0289. The molecule has 2 aromatic rings. The zero-order valence-corrected chi connectivity index (χ0v) is 15.8. The molecule has 0 spiro atoms. The summed E-state index contributed by atoms with van der Waals surface area (Å²) in [6.45, 7) is 6.70. The smallest absolute Gasteiger partial charge is 0.218 e. The van der Waals surface area contributed by atoms with Crippen LogP contribution in [0.1, 0.15) is 35.3 Å². The molecule has 1 aliphatic rings. The molecule has 2 atom stereocenters. The summed E-state index contributed by atoms with van der Waals surface area (Å²) in [5, 5.41) is 0. The number of hydrogen-bond acceptors (Lipinski definition) is 3. The van der Waals surface area contributed by atoms with Crippen LogP contribution in [0.2, 0.25) is 0 Å². The molecule has 2 aromatic carbocycles. The molecule has 0 radical (unpaired) electrons. The van der Waals surface area contributed by atoms with Crippen LogP contribution in [0.5, 0.6) is 0 Å². The molecule has 0 amide bonds. The van der Waals surface area contributed by atoms with Gasteiger partial charge in [-0.15, -0.1) is 0 Å². The van der Waals surface area contributed by atoms with Crippen molar-refractivity contribution in [2.24, 2.45) is 0 Å². The second kappa shape index (κ2) is 7.28. The van der Waals surface area contributed by atoms with E-state index in [1.54, 1.807) is 4.31 Å². The summed E-state index contributed by atoms with van der Waals surface area (Å²) in [6.07, 6.45) is -0.218. The molecule has 4 nitrogen and oxygen atoms in total. The monoisotopic (exact) mass is 359 g/mol. The molecule has 25 heavy (non-hydrogen) atoms. The Morgan fingerprint density at radius 2 is 1.56 bits per heavy atom. The summed E-state index contributed by atoms with van der Waals surface area (Å²) >= 11 is 0. The minimum atomic E-state index is -3.39. The van der Waals surface area contributed by atoms with Crippen LogP contribution < -0.4 is 0 Å². The van der Waals surface area contributed by atoms with E-state index in [1.165, 1.54) is 5.56 Å². The molecule has 0 saturated carbocycles. The van der Waals surface area contributed by atoms with Gasteiger partial charge in [0.05, 0.1) is 18.5 Å². The maximum atomic E-state index is 13.0. The van der Waals surface area contributed by atoms with Gasteiger partial charge in [0.25, 0.3) is 0 Å². The third-order valence-corrected chi connectivity index (χ3v) is 6.57. The maximum Gasteiger partial charge on any atom is 0.218 e. The van der Waals surface area contributed by atoms with Gasteiger partial charge < -0.3 is 4.74 Å². The van der Waals surface area contributed by atoms with E-state index in [-0.39, 0.29) is 17.9 Å². The highest BCUT2D eigenvalue weighted by Crippen LogP contribution is 2.28. The van der Waals surface area contributed by atoms with Gasteiger partial charge in [0.2, 0.25) is 10.0 Å². The Morgan fingerprint density at radius 1 is 1.00 bits per heavy atom. The van der Waals surface area contributed by atoms with E-state index in [2.05, 4.69) is 0 Å². The number of morpholine rings is 1. The Bertz CT molecular complexity index is 813. The van der Waals surface area contributed by atoms with E-state index >= 15 is 0 Å². The van der Waals surface area contributed by atoms with E-state index in [0.717, 1.165) is 16.7 Å². The van der Waals surface area contributed by atoms with Gasteiger partial charge in [0.1, 0.15) is 0 Å². The molecule has 134 valence electrons. The number of hydrogen-bond donors (Lipinski definition) is 0. The lowest BCUT2D eigenvalue weighted by Crippen LogP contribution is -2.48. The second-order valence-corrected chi connectivity index (χ2v) is 8.81. The molecule has 0 aromatic heterocycles. The Balaban J connectivity index is 1.78. The number of rotatable bonds is 4. The van der Waals surface area contributed by atoms with Crippen molar-refractivity contribution in [2.75, 3.05) is 13.2 Å². The highest BCUT2D eigenvalue weighted by Gasteiger charge is 2.35. The fraction of sp³-hybridized carbons (Fsp3) is 0.400. The molecule has 1 heterocycles. The molecule has 1 aliphatic heterocycles. The van der Waals surface area contributed by atoms with Crippen LogP contribution in [-0.4, -0.2) is 31.9 Å². The van der Waals surface area contributed by atoms with Gasteiger partial charge in [-0.25, -0.2) is 8.42 Å². The zero-order valence-electron chi connectivity index (χ0n) is 15.0. The van der Waals surface area contributed by atoms with Crippen LogP contribution in [0.4, 0.5) is 0 Å². The molecule has 5 heteroatoms. The lowest BCUT2D eigenvalue weighted by atomic mass is 10.1. The molecule has 1 saturated heterocycles. The zero-order chi connectivity index (χ0) is 18.0. The Hall–Kier alpha value is -1.69. The van der Waals surface area contributed by atoms with Crippen LogP contribution in [0.15, 0.2) is 48.5 Å². The standard InChI is InChI=1S/C20H25NO3S/c1-15-4-8-18(9-5-15)14-25(22,23)21-12-20(24-13-17(21)3)19-10-6-16(2)7-11-19/h4-11,17,20H,12-14H2,1-3H3. The van der Waals surface area contributed by atoms with Gasteiger partial charge in [0.15, 0.2) is 0 Å². The fourth-order valence-electron chi connectivity index (χ4n) is 3.08. The predicted molar refractivity (Wildman–Crippen MR) is 99.8 cm³/mol. The first-order chi connectivity index (χ1) is 11.8. The number of nitrogens with zero attached hydrogens (tertiary/aromatic N) is 1. The molecular weight excluding hydrogens is 334 g/mol. The maximum absolute atomic E-state index is 13.0. The SMILES string of the molecule is Cc1ccc(CS(=O)(=O)N2CC(c3ccc(C)cc3)OCC2C)cc1. The summed E-state index contributed by atoms with van der Waals surface area (Å²) in [4.78, 5) is 0. The summed E-state index contributed by atoms with van der Waals surface area (Å²) in [5.74, 6) is 0.0260. The van der Waals surface area contributed by atoms with E-state index in [1.807, 2.05) is 69.3 Å². The van der Waals surface area contributed by atoms with E-state index < -0.39 is 10.0 Å². The van der Waals surface area contributed by atoms with Crippen LogP contribution in [0, 0.1) is 13.8 Å². The first kappa shape index (κ1) is 18.1. The third kappa shape index (κ3) is 4.29. The van der Waals surface area contributed by atoms with Crippen molar-refractivity contribution in [3.63, 3.8) is 0 Å². The average molecular weight is 359 g/mol. The van der Waals surface area contributed by atoms with Crippen LogP contribution >= 0.6 is 0 Å². The first-order valence-electron chi connectivity index (χ1n) is 8.58. The van der Waals surface area contributed by atoms with Gasteiger partial charge in [-0.05, 0) is 31.9 Å². The molecule has 1 fully saturated rings. The van der Waals surface area contributed by atoms with Crippen molar-refractivity contribution in [1.82, 2.24) is 4.31 Å². The summed E-state index contributed by atoms with van der Waals surface area (Å²) in [6, 6.07) is 15.6. The van der Waals surface area contributed by atoms with Gasteiger partial charge in [-0.2, -0.15) is 4.31 Å². The van der Waals surface area contributed by atoms with Crippen LogP contribution in [-0.2, 0) is 20.5 Å². The number of benzene rings is 2. The molecule has 0 aliphatic carbocycles. The Kier molecular flexibility index (Phi) is 5.27. The minimum Gasteiger partial charge on any atom is -0.370 e. The molecule has 0 bridgehead atoms. The highest BCUT2D eigenvalue weighted by atomic mass is 32.2. The minimum absolute atomic E-state index is 0.0260. The molecule has 3 rings (SSSR count). The van der Waals surface area contributed by atoms with E-state index in [9.17, 15) is 8.42 Å². The fourth-order valence-corrected chi connectivity index (χ4v) is 4.83. The molecule has 0 N–H and O–H groups in total. The van der Waals surface area contributed by atoms with Gasteiger partial charge in [-0.3, -0.25) is 0 Å². The summed E-state index contributed by atoms with van der Waals surface area (Å²) < 4.78 is 33.4. The van der Waals surface area contributed by atoms with Gasteiger partial charge >= 0.3 is 0 Å². The van der Waals surface area contributed by atoms with Crippen molar-refractivity contribution < 1.29 is 13.2 Å². The van der Waals surface area contributed by atoms with Crippen molar-refractivity contribution in [3.8, 4) is 0 Å². The normalized spacial score (nSPS) is 22.0. The quantitative estimate of drug-likeness (QED) is 0.838. The Labute approximate surface area is 150 Å². The number of ether oxygens (including phenoxy) is 1. The van der Waals surface area contributed by atoms with E-state index in [4.69, 9.17) is 4.74 Å².